The first-order valence-corrected chi connectivity index (χ1v) is 9.55. The molecule has 2 rings (SSSR count). The summed E-state index contributed by atoms with van der Waals surface area (Å²) in [6, 6.07) is -0.00566. The number of rotatable bonds is 7. The van der Waals surface area contributed by atoms with Gasteiger partial charge in [-0.2, -0.15) is 0 Å². The highest BCUT2D eigenvalue weighted by Crippen LogP contribution is 2.24. The molecule has 2 saturated heterocycles. The quantitative estimate of drug-likeness (QED) is 0.681. The second-order valence-electron chi connectivity index (χ2n) is 7.86. The topological polar surface area (TPSA) is 64.7 Å². The van der Waals surface area contributed by atoms with Crippen LogP contribution in [0.4, 0.5) is 0 Å². The fourth-order valence-corrected chi connectivity index (χ4v) is 4.00. The fourth-order valence-electron chi connectivity index (χ4n) is 4.00. The van der Waals surface area contributed by atoms with Crippen molar-refractivity contribution in [3.8, 4) is 0 Å². The Balaban J connectivity index is 1.99. The van der Waals surface area contributed by atoms with Gasteiger partial charge in [0.1, 0.15) is 0 Å². The number of hydrazine groups is 1. The minimum atomic E-state index is -0.260. The minimum Gasteiger partial charge on any atom is -0.340 e. The van der Waals surface area contributed by atoms with E-state index in [0.29, 0.717) is 24.9 Å². The van der Waals surface area contributed by atoms with Crippen molar-refractivity contribution in [3.63, 3.8) is 0 Å². The Kier molecular flexibility index (Phi) is 7.02. The molecule has 0 aliphatic carbocycles. The number of carbonyl (C=O) groups excluding carboxylic acids is 2. The van der Waals surface area contributed by atoms with Gasteiger partial charge in [0, 0.05) is 32.2 Å². The summed E-state index contributed by atoms with van der Waals surface area (Å²) in [6.45, 7) is 16.0. The molecule has 142 valence electrons. The van der Waals surface area contributed by atoms with E-state index in [9.17, 15) is 9.59 Å². The molecule has 2 amide bonds. The highest BCUT2D eigenvalue weighted by Gasteiger charge is 2.39. The summed E-state index contributed by atoms with van der Waals surface area (Å²) < 4.78 is 0. The molecule has 2 aliphatic heterocycles. The van der Waals surface area contributed by atoms with Crippen molar-refractivity contribution in [2.45, 2.75) is 46.6 Å². The lowest BCUT2D eigenvalue weighted by Crippen LogP contribution is -2.64. The number of hydrogen-bond donors (Lipinski definition) is 2. The largest absolute Gasteiger partial charge is 0.340 e. The lowest BCUT2D eigenvalue weighted by atomic mass is 9.89. The molecule has 0 radical (unpaired) electrons. The SMILES string of the molecule is C=C(C)C1C(=O)NNCC1N1CCN(CC(CCC)C(C)C)C(=O)C1. The van der Waals surface area contributed by atoms with Crippen LogP contribution in [-0.2, 0) is 9.59 Å². The molecule has 2 fully saturated rings. The van der Waals surface area contributed by atoms with Crippen LogP contribution in [0.5, 0.6) is 0 Å². The van der Waals surface area contributed by atoms with E-state index in [-0.39, 0.29) is 23.8 Å². The summed E-state index contributed by atoms with van der Waals surface area (Å²) in [6.07, 6.45) is 2.32. The van der Waals surface area contributed by atoms with Gasteiger partial charge in [-0.1, -0.05) is 39.3 Å². The average molecular weight is 351 g/mol. The van der Waals surface area contributed by atoms with E-state index >= 15 is 0 Å². The summed E-state index contributed by atoms with van der Waals surface area (Å²) in [7, 11) is 0. The van der Waals surface area contributed by atoms with Gasteiger partial charge in [-0.15, -0.1) is 0 Å². The Morgan fingerprint density at radius 2 is 2.04 bits per heavy atom. The molecule has 2 heterocycles. The second kappa shape index (κ2) is 8.81. The van der Waals surface area contributed by atoms with Crippen LogP contribution in [-0.4, -0.2) is 60.4 Å². The third-order valence-electron chi connectivity index (χ3n) is 5.60. The molecule has 3 unspecified atom stereocenters. The fraction of sp³-hybridized carbons (Fsp3) is 0.789. The van der Waals surface area contributed by atoms with Crippen molar-refractivity contribution in [1.82, 2.24) is 20.7 Å². The molecule has 6 heteroatoms. The van der Waals surface area contributed by atoms with Crippen LogP contribution in [0, 0.1) is 17.8 Å². The van der Waals surface area contributed by atoms with E-state index in [1.807, 2.05) is 11.8 Å². The zero-order chi connectivity index (χ0) is 18.6. The molecule has 0 aromatic heterocycles. The predicted octanol–water partition coefficient (Wildman–Crippen LogP) is 1.40. The molecule has 6 nitrogen and oxygen atoms in total. The van der Waals surface area contributed by atoms with Gasteiger partial charge < -0.3 is 4.90 Å². The number of carbonyl (C=O) groups is 2. The highest BCUT2D eigenvalue weighted by molar-refractivity contribution is 5.83. The van der Waals surface area contributed by atoms with E-state index in [0.717, 1.165) is 38.0 Å². The summed E-state index contributed by atoms with van der Waals surface area (Å²) in [5.41, 5.74) is 6.48. The smallest absolute Gasteiger partial charge is 0.242 e. The molecular weight excluding hydrogens is 316 g/mol. The second-order valence-corrected chi connectivity index (χ2v) is 7.86. The first kappa shape index (κ1) is 19.9. The van der Waals surface area contributed by atoms with Crippen molar-refractivity contribution >= 4 is 11.8 Å². The van der Waals surface area contributed by atoms with Gasteiger partial charge in [0.15, 0.2) is 0 Å². The Bertz CT molecular complexity index is 506. The zero-order valence-electron chi connectivity index (χ0n) is 16.2. The van der Waals surface area contributed by atoms with E-state index in [1.165, 1.54) is 0 Å². The van der Waals surface area contributed by atoms with E-state index in [2.05, 4.69) is 43.1 Å². The molecule has 0 saturated carbocycles. The van der Waals surface area contributed by atoms with Crippen LogP contribution in [0.2, 0.25) is 0 Å². The van der Waals surface area contributed by atoms with Gasteiger partial charge in [0.2, 0.25) is 11.8 Å². The van der Waals surface area contributed by atoms with E-state index < -0.39 is 0 Å². The summed E-state index contributed by atoms with van der Waals surface area (Å²) in [5, 5.41) is 0. The molecule has 2 aliphatic rings. The van der Waals surface area contributed by atoms with Gasteiger partial charge in [-0.3, -0.25) is 19.9 Å². The van der Waals surface area contributed by atoms with Gasteiger partial charge in [-0.25, -0.2) is 5.43 Å². The first-order valence-electron chi connectivity index (χ1n) is 9.55. The Labute approximate surface area is 152 Å². The maximum absolute atomic E-state index is 12.7. The predicted molar refractivity (Wildman–Crippen MR) is 99.6 cm³/mol. The van der Waals surface area contributed by atoms with Crippen molar-refractivity contribution in [1.29, 1.82) is 0 Å². The zero-order valence-corrected chi connectivity index (χ0v) is 16.2. The lowest BCUT2D eigenvalue weighted by Gasteiger charge is -2.44. The Morgan fingerprint density at radius 3 is 2.60 bits per heavy atom. The van der Waals surface area contributed by atoms with Gasteiger partial charge in [0.25, 0.3) is 0 Å². The third kappa shape index (κ3) is 4.82. The van der Waals surface area contributed by atoms with Crippen LogP contribution in [0.15, 0.2) is 12.2 Å². The number of hydrogen-bond acceptors (Lipinski definition) is 4. The normalized spacial score (nSPS) is 26.7. The van der Waals surface area contributed by atoms with Crippen LogP contribution < -0.4 is 10.9 Å². The number of piperazine rings is 1. The average Bonchev–Trinajstić information content (AvgIpc) is 2.55. The molecule has 0 spiro atoms. The van der Waals surface area contributed by atoms with Crippen LogP contribution in [0.1, 0.15) is 40.5 Å². The van der Waals surface area contributed by atoms with Crippen LogP contribution >= 0.6 is 0 Å². The van der Waals surface area contributed by atoms with Crippen molar-refractivity contribution in [2.24, 2.45) is 17.8 Å². The summed E-state index contributed by atoms with van der Waals surface area (Å²) in [5.74, 6) is 1.01. The van der Waals surface area contributed by atoms with Gasteiger partial charge in [-0.05, 0) is 25.2 Å². The standard InChI is InChI=1S/C19H34N4O2/c1-6-7-15(13(2)3)11-23-9-8-22(12-17(23)24)16-10-20-21-19(25)18(16)14(4)5/h13,15-16,18,20H,4,6-12H2,1-3,5H3,(H,21,25). The van der Waals surface area contributed by atoms with Crippen LogP contribution in [0.25, 0.3) is 0 Å². The Hall–Kier alpha value is -1.40. The van der Waals surface area contributed by atoms with Crippen molar-refractivity contribution in [2.75, 3.05) is 32.7 Å². The Morgan fingerprint density at radius 1 is 1.32 bits per heavy atom. The number of nitrogens with zero attached hydrogens (tertiary/aromatic N) is 2. The highest BCUT2D eigenvalue weighted by atomic mass is 16.2. The number of amides is 2. The molecule has 0 bridgehead atoms. The monoisotopic (exact) mass is 350 g/mol. The van der Waals surface area contributed by atoms with Gasteiger partial charge >= 0.3 is 0 Å². The lowest BCUT2D eigenvalue weighted by molar-refractivity contribution is -0.141. The molecular formula is C19H34N4O2. The maximum atomic E-state index is 12.7. The van der Waals surface area contributed by atoms with Gasteiger partial charge in [0.05, 0.1) is 12.5 Å². The molecule has 3 atom stereocenters. The van der Waals surface area contributed by atoms with Crippen molar-refractivity contribution < 1.29 is 9.59 Å². The van der Waals surface area contributed by atoms with E-state index in [1.54, 1.807) is 0 Å². The third-order valence-corrected chi connectivity index (χ3v) is 5.60. The maximum Gasteiger partial charge on any atom is 0.242 e. The van der Waals surface area contributed by atoms with Crippen molar-refractivity contribution in [3.05, 3.63) is 12.2 Å². The summed E-state index contributed by atoms with van der Waals surface area (Å²) in [4.78, 5) is 29.0. The molecule has 0 aromatic rings. The number of nitrogens with one attached hydrogen (secondary N) is 2. The summed E-state index contributed by atoms with van der Waals surface area (Å²) >= 11 is 0. The minimum absolute atomic E-state index is 0.00566. The first-order chi connectivity index (χ1) is 11.8. The molecule has 0 aromatic carbocycles. The van der Waals surface area contributed by atoms with Crippen LogP contribution in [0.3, 0.4) is 0 Å². The molecule has 25 heavy (non-hydrogen) atoms. The van der Waals surface area contributed by atoms with E-state index in [4.69, 9.17) is 0 Å². The molecule has 2 N–H and O–H groups in total.